The van der Waals surface area contributed by atoms with Gasteiger partial charge in [-0.05, 0) is 42.1 Å². The molecule has 6 heteroatoms. The number of piperazine rings is 1. The lowest BCUT2D eigenvalue weighted by molar-refractivity contribution is 0.649. The topological polar surface area (TPSA) is 32.3 Å². The molecule has 0 radical (unpaired) electrons. The first-order chi connectivity index (χ1) is 11.2. The Balaban J connectivity index is 1.55. The molecular weight excluding hydrogens is 328 g/mol. The summed E-state index contributed by atoms with van der Waals surface area (Å²) in [7, 11) is 0. The van der Waals surface area contributed by atoms with Crippen molar-refractivity contribution in [3.63, 3.8) is 0 Å². The zero-order chi connectivity index (χ0) is 15.8. The summed E-state index contributed by atoms with van der Waals surface area (Å²) in [6, 6.07) is 8.08. The number of thiophene rings is 1. The summed E-state index contributed by atoms with van der Waals surface area (Å²) in [5, 5.41) is 4.15. The molecule has 1 aromatic carbocycles. The van der Waals surface area contributed by atoms with Crippen LogP contribution in [0.5, 0.6) is 0 Å². The Morgan fingerprint density at radius 1 is 1.00 bits per heavy atom. The predicted octanol–water partition coefficient (Wildman–Crippen LogP) is 3.98. The monoisotopic (exact) mass is 344 g/mol. The number of benzene rings is 1. The van der Waals surface area contributed by atoms with Crippen molar-refractivity contribution in [2.75, 3.05) is 36.0 Å². The molecule has 0 N–H and O–H groups in total. The molecule has 118 valence electrons. The minimum Gasteiger partial charge on any atom is -0.368 e. The van der Waals surface area contributed by atoms with Crippen molar-refractivity contribution >= 4 is 44.7 Å². The highest BCUT2D eigenvalue weighted by Gasteiger charge is 2.21. The molecule has 2 aromatic heterocycles. The smallest absolute Gasteiger partial charge is 0.141 e. The number of halogens is 1. The summed E-state index contributed by atoms with van der Waals surface area (Å²) < 4.78 is 0. The fraction of sp³-hybridized carbons (Fsp3) is 0.294. The summed E-state index contributed by atoms with van der Waals surface area (Å²) in [5.41, 5.74) is 2.49. The molecule has 0 atom stereocenters. The van der Waals surface area contributed by atoms with Gasteiger partial charge in [0.1, 0.15) is 17.0 Å². The maximum Gasteiger partial charge on any atom is 0.141 e. The zero-order valence-corrected chi connectivity index (χ0v) is 14.4. The third kappa shape index (κ3) is 2.75. The molecule has 1 fully saturated rings. The summed E-state index contributed by atoms with van der Waals surface area (Å²) in [6.07, 6.45) is 1.68. The fourth-order valence-electron chi connectivity index (χ4n) is 3.07. The second-order valence-electron chi connectivity index (χ2n) is 5.75. The first kappa shape index (κ1) is 14.7. The van der Waals surface area contributed by atoms with Crippen LogP contribution in [0.4, 0.5) is 11.5 Å². The van der Waals surface area contributed by atoms with Crippen molar-refractivity contribution in [2.24, 2.45) is 0 Å². The van der Waals surface area contributed by atoms with E-state index in [1.165, 1.54) is 16.6 Å². The van der Waals surface area contributed by atoms with Gasteiger partial charge in [0.2, 0.25) is 0 Å². The lowest BCUT2D eigenvalue weighted by Crippen LogP contribution is -2.46. The molecule has 1 aliphatic heterocycles. The lowest BCUT2D eigenvalue weighted by Gasteiger charge is -2.37. The van der Waals surface area contributed by atoms with Gasteiger partial charge in [-0.2, -0.15) is 0 Å². The van der Waals surface area contributed by atoms with Crippen molar-refractivity contribution in [3.8, 4) is 0 Å². The number of aromatic nitrogens is 2. The van der Waals surface area contributed by atoms with E-state index in [1.54, 1.807) is 17.7 Å². The van der Waals surface area contributed by atoms with E-state index in [-0.39, 0.29) is 0 Å². The van der Waals surface area contributed by atoms with Gasteiger partial charge >= 0.3 is 0 Å². The van der Waals surface area contributed by atoms with E-state index in [0.29, 0.717) is 0 Å². The average molecular weight is 345 g/mol. The van der Waals surface area contributed by atoms with Crippen molar-refractivity contribution in [1.82, 2.24) is 9.97 Å². The number of anilines is 2. The molecule has 0 saturated carbocycles. The van der Waals surface area contributed by atoms with E-state index in [2.05, 4.69) is 44.2 Å². The third-order valence-electron chi connectivity index (χ3n) is 4.31. The van der Waals surface area contributed by atoms with Crippen LogP contribution in [-0.2, 0) is 0 Å². The minimum atomic E-state index is 0.781. The van der Waals surface area contributed by atoms with Crippen LogP contribution in [0, 0.1) is 6.92 Å². The predicted molar refractivity (Wildman–Crippen MR) is 98.0 cm³/mol. The molecule has 0 amide bonds. The molecule has 3 heterocycles. The third-order valence-corrected chi connectivity index (χ3v) is 5.56. The number of hydrogen-bond donors (Lipinski definition) is 0. The molecule has 1 aliphatic rings. The van der Waals surface area contributed by atoms with E-state index in [4.69, 9.17) is 11.6 Å². The number of nitrogens with zero attached hydrogens (tertiary/aromatic N) is 4. The van der Waals surface area contributed by atoms with E-state index >= 15 is 0 Å². The second-order valence-corrected chi connectivity index (χ2v) is 7.04. The van der Waals surface area contributed by atoms with Gasteiger partial charge in [-0.3, -0.25) is 0 Å². The highest BCUT2D eigenvalue weighted by Crippen LogP contribution is 2.31. The molecule has 0 aliphatic carbocycles. The van der Waals surface area contributed by atoms with Crippen molar-refractivity contribution < 1.29 is 0 Å². The van der Waals surface area contributed by atoms with Gasteiger partial charge in [-0.15, -0.1) is 11.3 Å². The normalized spacial score (nSPS) is 15.4. The minimum absolute atomic E-state index is 0.781. The van der Waals surface area contributed by atoms with Crippen molar-refractivity contribution in [1.29, 1.82) is 0 Å². The molecule has 1 saturated heterocycles. The highest BCUT2D eigenvalue weighted by molar-refractivity contribution is 7.17. The lowest BCUT2D eigenvalue weighted by atomic mass is 10.2. The number of rotatable bonds is 2. The standard InChI is InChI=1S/C17H17ClN4S/c1-12-10-23-17-15(12)16(19-11-20-17)22-8-6-21(7-9-22)14-4-2-13(18)3-5-14/h2-5,10-11H,6-9H2,1H3. The van der Waals surface area contributed by atoms with Gasteiger partial charge < -0.3 is 9.80 Å². The molecule has 4 nitrogen and oxygen atoms in total. The Kier molecular flexibility index (Phi) is 3.83. The molecule has 0 spiro atoms. The summed E-state index contributed by atoms with van der Waals surface area (Å²) >= 11 is 7.66. The maximum absolute atomic E-state index is 5.97. The zero-order valence-electron chi connectivity index (χ0n) is 12.9. The SMILES string of the molecule is Cc1csc2ncnc(N3CCN(c4ccc(Cl)cc4)CC3)c12. The maximum atomic E-state index is 5.97. The van der Waals surface area contributed by atoms with E-state index in [0.717, 1.165) is 41.8 Å². The average Bonchev–Trinajstić information content (AvgIpc) is 2.97. The van der Waals surface area contributed by atoms with Crippen molar-refractivity contribution in [2.45, 2.75) is 6.92 Å². The highest BCUT2D eigenvalue weighted by atomic mass is 35.5. The number of hydrogen-bond acceptors (Lipinski definition) is 5. The summed E-state index contributed by atoms with van der Waals surface area (Å²) in [4.78, 5) is 14.8. The van der Waals surface area contributed by atoms with Gasteiger partial charge in [-0.1, -0.05) is 11.6 Å². The van der Waals surface area contributed by atoms with Crippen LogP contribution in [0.25, 0.3) is 10.2 Å². The Bertz CT molecular complexity index is 822. The Hall–Kier alpha value is -1.85. The van der Waals surface area contributed by atoms with Crippen LogP contribution in [0.15, 0.2) is 36.0 Å². The largest absolute Gasteiger partial charge is 0.368 e. The van der Waals surface area contributed by atoms with Crippen LogP contribution < -0.4 is 9.80 Å². The van der Waals surface area contributed by atoms with Crippen LogP contribution >= 0.6 is 22.9 Å². The van der Waals surface area contributed by atoms with Gasteiger partial charge in [0, 0.05) is 36.9 Å². The summed E-state index contributed by atoms with van der Waals surface area (Å²) in [6.45, 7) is 6.02. The number of aryl methyl sites for hydroxylation is 1. The molecule has 3 aromatic rings. The summed E-state index contributed by atoms with van der Waals surface area (Å²) in [5.74, 6) is 1.07. The van der Waals surface area contributed by atoms with Crippen LogP contribution in [0.2, 0.25) is 5.02 Å². The van der Waals surface area contributed by atoms with Crippen LogP contribution in [0.1, 0.15) is 5.56 Å². The molecule has 0 unspecified atom stereocenters. The second kappa shape index (κ2) is 5.98. The quantitative estimate of drug-likeness (QED) is 0.704. The van der Waals surface area contributed by atoms with E-state index in [9.17, 15) is 0 Å². The Morgan fingerprint density at radius 2 is 1.70 bits per heavy atom. The molecule has 4 rings (SSSR count). The van der Waals surface area contributed by atoms with Gasteiger partial charge in [0.05, 0.1) is 5.39 Å². The first-order valence-corrected chi connectivity index (χ1v) is 8.92. The van der Waals surface area contributed by atoms with E-state index in [1.807, 2.05) is 12.1 Å². The van der Waals surface area contributed by atoms with Crippen LogP contribution in [0.3, 0.4) is 0 Å². The van der Waals surface area contributed by atoms with E-state index < -0.39 is 0 Å². The molecule has 0 bridgehead atoms. The van der Waals surface area contributed by atoms with Gasteiger partial charge in [0.15, 0.2) is 0 Å². The first-order valence-electron chi connectivity index (χ1n) is 7.66. The Morgan fingerprint density at radius 3 is 2.43 bits per heavy atom. The Labute approximate surface area is 144 Å². The van der Waals surface area contributed by atoms with Gasteiger partial charge in [0.25, 0.3) is 0 Å². The van der Waals surface area contributed by atoms with Crippen molar-refractivity contribution in [3.05, 3.63) is 46.6 Å². The molecular formula is C17H17ClN4S. The van der Waals surface area contributed by atoms with Crippen LogP contribution in [-0.4, -0.2) is 36.1 Å². The number of fused-ring (bicyclic) bond motifs is 1. The fourth-order valence-corrected chi connectivity index (χ4v) is 4.08. The van der Waals surface area contributed by atoms with Gasteiger partial charge in [-0.25, -0.2) is 9.97 Å². The molecule has 23 heavy (non-hydrogen) atoms.